The molecule has 48 heavy (non-hydrogen) atoms. The molecule has 0 aliphatic rings. The third-order valence-corrected chi connectivity index (χ3v) is 9.10. The Bertz CT molecular complexity index is 2130. The standard InChI is InChI=1S/C48H34/c1-3-11-35(12-4-1)37-23-27-39(28-24-37)41-15-7-17-43(31-41)45-19-9-21-47(33-45)48-22-10-20-46(34-48)44-18-8-16-42(32-44)40-29-25-38(26-30-40)36-13-5-2-6-14-36/h1-34H. The minimum atomic E-state index is 1.21. The summed E-state index contributed by atoms with van der Waals surface area (Å²) in [5.41, 5.74) is 17.1. The summed E-state index contributed by atoms with van der Waals surface area (Å²) in [5.74, 6) is 0. The molecule has 0 bridgehead atoms. The highest BCUT2D eigenvalue weighted by Gasteiger charge is 2.08. The molecule has 0 aliphatic heterocycles. The summed E-state index contributed by atoms with van der Waals surface area (Å²) < 4.78 is 0. The van der Waals surface area contributed by atoms with Crippen molar-refractivity contribution in [2.45, 2.75) is 0 Å². The molecule has 0 N–H and O–H groups in total. The van der Waals surface area contributed by atoms with Crippen LogP contribution in [0.1, 0.15) is 0 Å². The lowest BCUT2D eigenvalue weighted by Crippen LogP contribution is -1.86. The average Bonchev–Trinajstić information content (AvgIpc) is 3.19. The quantitative estimate of drug-likeness (QED) is 0.168. The summed E-state index contributed by atoms with van der Waals surface area (Å²) >= 11 is 0. The molecule has 226 valence electrons. The van der Waals surface area contributed by atoms with Crippen LogP contribution in [0.4, 0.5) is 0 Å². The fraction of sp³-hybridized carbons (Fsp3) is 0. The number of hydrogen-bond acceptors (Lipinski definition) is 0. The maximum atomic E-state index is 2.31. The van der Waals surface area contributed by atoms with Crippen molar-refractivity contribution in [3.05, 3.63) is 206 Å². The van der Waals surface area contributed by atoms with Crippen LogP contribution in [0.3, 0.4) is 0 Å². The molecular formula is C48H34. The average molecular weight is 611 g/mol. The van der Waals surface area contributed by atoms with Crippen molar-refractivity contribution >= 4 is 0 Å². The first-order valence-corrected chi connectivity index (χ1v) is 16.5. The predicted molar refractivity (Wildman–Crippen MR) is 204 cm³/mol. The Labute approximate surface area is 283 Å². The highest BCUT2D eigenvalue weighted by Crippen LogP contribution is 2.34. The van der Waals surface area contributed by atoms with Crippen LogP contribution in [0.2, 0.25) is 0 Å². The van der Waals surface area contributed by atoms with E-state index >= 15 is 0 Å². The largest absolute Gasteiger partial charge is 0.0622 e. The van der Waals surface area contributed by atoms with Gasteiger partial charge in [0.15, 0.2) is 0 Å². The van der Waals surface area contributed by atoms with Crippen LogP contribution in [-0.4, -0.2) is 0 Å². The van der Waals surface area contributed by atoms with Crippen LogP contribution in [0.5, 0.6) is 0 Å². The van der Waals surface area contributed by atoms with Crippen molar-refractivity contribution in [1.82, 2.24) is 0 Å². The second-order valence-corrected chi connectivity index (χ2v) is 12.2. The van der Waals surface area contributed by atoms with Gasteiger partial charge in [0.25, 0.3) is 0 Å². The molecule has 8 aromatic carbocycles. The molecule has 0 aliphatic carbocycles. The van der Waals surface area contributed by atoms with Crippen molar-refractivity contribution in [1.29, 1.82) is 0 Å². The Balaban J connectivity index is 1.04. The first kappa shape index (κ1) is 29.2. The van der Waals surface area contributed by atoms with Crippen LogP contribution in [0.15, 0.2) is 206 Å². The Morgan fingerprint density at radius 3 is 0.542 bits per heavy atom. The lowest BCUT2D eigenvalue weighted by molar-refractivity contribution is 1.55. The molecule has 0 heteroatoms. The monoisotopic (exact) mass is 610 g/mol. The zero-order valence-electron chi connectivity index (χ0n) is 26.6. The molecular weight excluding hydrogens is 577 g/mol. The molecule has 0 amide bonds. The minimum Gasteiger partial charge on any atom is -0.0622 e. The Morgan fingerprint density at radius 1 is 0.125 bits per heavy atom. The zero-order chi connectivity index (χ0) is 32.1. The Hall–Kier alpha value is -6.24. The maximum Gasteiger partial charge on any atom is -0.0178 e. The number of benzene rings is 8. The van der Waals surface area contributed by atoms with Crippen molar-refractivity contribution in [2.75, 3.05) is 0 Å². The summed E-state index contributed by atoms with van der Waals surface area (Å²) in [6, 6.07) is 74.3. The molecule has 0 saturated heterocycles. The Kier molecular flexibility index (Phi) is 8.05. The molecule has 0 spiro atoms. The minimum absolute atomic E-state index is 1.21. The van der Waals surface area contributed by atoms with E-state index in [9.17, 15) is 0 Å². The van der Waals surface area contributed by atoms with E-state index in [2.05, 4.69) is 206 Å². The second-order valence-electron chi connectivity index (χ2n) is 12.2. The summed E-state index contributed by atoms with van der Waals surface area (Å²) in [4.78, 5) is 0. The fourth-order valence-corrected chi connectivity index (χ4v) is 6.48. The van der Waals surface area contributed by atoms with Gasteiger partial charge in [-0.3, -0.25) is 0 Å². The smallest absolute Gasteiger partial charge is 0.0178 e. The van der Waals surface area contributed by atoms with Crippen LogP contribution in [-0.2, 0) is 0 Å². The molecule has 0 saturated carbocycles. The van der Waals surface area contributed by atoms with Gasteiger partial charge in [0.2, 0.25) is 0 Å². The van der Waals surface area contributed by atoms with E-state index in [1.807, 2.05) is 0 Å². The fourth-order valence-electron chi connectivity index (χ4n) is 6.48. The molecule has 0 atom stereocenters. The third kappa shape index (κ3) is 6.25. The van der Waals surface area contributed by atoms with Crippen molar-refractivity contribution in [2.24, 2.45) is 0 Å². The molecule has 0 unspecified atom stereocenters. The van der Waals surface area contributed by atoms with Gasteiger partial charge in [-0.25, -0.2) is 0 Å². The summed E-state index contributed by atoms with van der Waals surface area (Å²) in [7, 11) is 0. The van der Waals surface area contributed by atoms with Crippen molar-refractivity contribution in [3.63, 3.8) is 0 Å². The van der Waals surface area contributed by atoms with E-state index in [-0.39, 0.29) is 0 Å². The van der Waals surface area contributed by atoms with E-state index in [0.29, 0.717) is 0 Å². The van der Waals surface area contributed by atoms with Crippen LogP contribution in [0.25, 0.3) is 77.9 Å². The predicted octanol–water partition coefficient (Wildman–Crippen LogP) is 13.4. The van der Waals surface area contributed by atoms with Crippen molar-refractivity contribution in [3.8, 4) is 77.9 Å². The topological polar surface area (TPSA) is 0 Å². The zero-order valence-corrected chi connectivity index (χ0v) is 26.6. The van der Waals surface area contributed by atoms with Gasteiger partial charge in [-0.05, 0) is 102 Å². The molecule has 8 rings (SSSR count). The van der Waals surface area contributed by atoms with E-state index in [1.165, 1.54) is 77.9 Å². The van der Waals surface area contributed by atoms with Crippen molar-refractivity contribution < 1.29 is 0 Å². The molecule has 0 radical (unpaired) electrons. The molecule has 0 heterocycles. The van der Waals surface area contributed by atoms with Gasteiger partial charge in [0, 0.05) is 0 Å². The summed E-state index contributed by atoms with van der Waals surface area (Å²) in [6.07, 6.45) is 0. The SMILES string of the molecule is c1ccc(-c2ccc(-c3cccc(-c4cccc(-c5cccc(-c6cccc(-c7ccc(-c8ccccc8)cc7)c6)c5)c4)c3)cc2)cc1. The number of hydrogen-bond donors (Lipinski definition) is 0. The number of rotatable bonds is 7. The Morgan fingerprint density at radius 2 is 0.292 bits per heavy atom. The lowest BCUT2D eigenvalue weighted by atomic mass is 9.93. The second kappa shape index (κ2) is 13.2. The van der Waals surface area contributed by atoms with E-state index in [0.717, 1.165) is 0 Å². The van der Waals surface area contributed by atoms with E-state index < -0.39 is 0 Å². The van der Waals surface area contributed by atoms with Gasteiger partial charge in [0.1, 0.15) is 0 Å². The highest BCUT2D eigenvalue weighted by atomic mass is 14.1. The van der Waals surface area contributed by atoms with Gasteiger partial charge in [-0.1, -0.05) is 182 Å². The van der Waals surface area contributed by atoms with Crippen LogP contribution < -0.4 is 0 Å². The first-order chi connectivity index (χ1) is 23.8. The van der Waals surface area contributed by atoms with Gasteiger partial charge < -0.3 is 0 Å². The third-order valence-electron chi connectivity index (χ3n) is 9.10. The van der Waals surface area contributed by atoms with Gasteiger partial charge in [-0.15, -0.1) is 0 Å². The van der Waals surface area contributed by atoms with Crippen LogP contribution >= 0.6 is 0 Å². The molecule has 0 aromatic heterocycles. The van der Waals surface area contributed by atoms with Crippen LogP contribution in [0, 0.1) is 0 Å². The first-order valence-electron chi connectivity index (χ1n) is 16.5. The summed E-state index contributed by atoms with van der Waals surface area (Å²) in [6.45, 7) is 0. The summed E-state index contributed by atoms with van der Waals surface area (Å²) in [5, 5.41) is 0. The molecule has 0 fully saturated rings. The molecule has 8 aromatic rings. The van der Waals surface area contributed by atoms with Gasteiger partial charge >= 0.3 is 0 Å². The normalized spacial score (nSPS) is 10.9. The van der Waals surface area contributed by atoms with Gasteiger partial charge in [0.05, 0.1) is 0 Å². The van der Waals surface area contributed by atoms with E-state index in [4.69, 9.17) is 0 Å². The maximum absolute atomic E-state index is 2.31. The molecule has 0 nitrogen and oxygen atoms in total. The van der Waals surface area contributed by atoms with E-state index in [1.54, 1.807) is 0 Å². The van der Waals surface area contributed by atoms with Gasteiger partial charge in [-0.2, -0.15) is 0 Å². The highest BCUT2D eigenvalue weighted by molar-refractivity contribution is 5.81. The lowest BCUT2D eigenvalue weighted by Gasteiger charge is -2.11.